The lowest BCUT2D eigenvalue weighted by molar-refractivity contribution is -0.151. The van der Waals surface area contributed by atoms with Crippen molar-refractivity contribution in [3.63, 3.8) is 0 Å². The van der Waals surface area contributed by atoms with Crippen molar-refractivity contribution in [2.75, 3.05) is 6.61 Å². The molecule has 0 saturated carbocycles. The number of allylic oxidation sites excluding steroid dienone is 12. The normalized spacial score (nSPS) is 13.8. The van der Waals surface area contributed by atoms with Crippen molar-refractivity contribution < 1.29 is 24.5 Å². The van der Waals surface area contributed by atoms with Gasteiger partial charge in [-0.2, -0.15) is 0 Å². The number of amides is 1. The van der Waals surface area contributed by atoms with Crippen LogP contribution < -0.4 is 5.32 Å². The number of carbonyl (C=O) groups excluding carboxylic acids is 2. The molecule has 0 aromatic carbocycles. The highest BCUT2D eigenvalue weighted by molar-refractivity contribution is 5.77. The van der Waals surface area contributed by atoms with Gasteiger partial charge in [0.15, 0.2) is 0 Å². The van der Waals surface area contributed by atoms with E-state index in [0.717, 1.165) is 83.5 Å². The number of rotatable bonds is 46. The molecule has 3 atom stereocenters. The second kappa shape index (κ2) is 49.3. The van der Waals surface area contributed by atoms with Crippen LogP contribution in [0.4, 0.5) is 0 Å². The van der Waals surface area contributed by atoms with Gasteiger partial charge in [-0.3, -0.25) is 9.59 Å². The molecule has 0 aliphatic rings. The van der Waals surface area contributed by atoms with Crippen molar-refractivity contribution in [3.8, 4) is 0 Å². The van der Waals surface area contributed by atoms with Crippen molar-refractivity contribution in [3.05, 3.63) is 72.9 Å². The summed E-state index contributed by atoms with van der Waals surface area (Å²) in [5, 5.41) is 23.7. The minimum absolute atomic E-state index is 0.0291. The molecule has 0 spiro atoms. The smallest absolute Gasteiger partial charge is 0.306 e. The fourth-order valence-electron chi connectivity index (χ4n) is 7.53. The van der Waals surface area contributed by atoms with Gasteiger partial charge in [0, 0.05) is 6.42 Å². The van der Waals surface area contributed by atoms with Gasteiger partial charge in [-0.05, 0) is 89.9 Å². The number of aliphatic hydroxyl groups excluding tert-OH is 2. The SMILES string of the molecule is CCCCC/C=C\C/C=C\C/C=C\C/C=C\CCCCCC(=O)OC(CCC/C=C/C=C/CCCCCCCCC)CC(=O)NC(CO)C(O)CCCCCCCCCCCC. The summed E-state index contributed by atoms with van der Waals surface area (Å²) in [6, 6.07) is -0.724. The van der Waals surface area contributed by atoms with Crippen LogP contribution in [0.3, 0.4) is 0 Å². The second-order valence-corrected chi connectivity index (χ2v) is 17.6. The van der Waals surface area contributed by atoms with Crippen LogP contribution in [0.1, 0.15) is 245 Å². The lowest BCUT2D eigenvalue weighted by atomic mass is 10.0. The summed E-state index contributed by atoms with van der Waals surface area (Å²) in [6.07, 6.45) is 62.5. The summed E-state index contributed by atoms with van der Waals surface area (Å²) in [4.78, 5) is 26.1. The Hall–Kier alpha value is -2.70. The number of hydrogen-bond acceptors (Lipinski definition) is 5. The minimum atomic E-state index is -0.806. The van der Waals surface area contributed by atoms with Gasteiger partial charge in [0.2, 0.25) is 5.91 Å². The summed E-state index contributed by atoms with van der Waals surface area (Å²) >= 11 is 0. The van der Waals surface area contributed by atoms with Crippen LogP contribution in [0.2, 0.25) is 0 Å². The van der Waals surface area contributed by atoms with E-state index >= 15 is 0 Å². The molecule has 0 aliphatic carbocycles. The van der Waals surface area contributed by atoms with Gasteiger partial charge in [0.25, 0.3) is 0 Å². The van der Waals surface area contributed by atoms with Crippen LogP contribution >= 0.6 is 0 Å². The van der Waals surface area contributed by atoms with E-state index in [1.165, 1.54) is 116 Å². The lowest BCUT2D eigenvalue weighted by Gasteiger charge is -2.24. The quantitative estimate of drug-likeness (QED) is 0.0245. The first kappa shape index (κ1) is 59.3. The van der Waals surface area contributed by atoms with E-state index in [1.54, 1.807) is 0 Å². The molecule has 0 fully saturated rings. The zero-order chi connectivity index (χ0) is 45.2. The summed E-state index contributed by atoms with van der Waals surface area (Å²) in [6.45, 7) is 6.41. The van der Waals surface area contributed by atoms with E-state index in [0.29, 0.717) is 19.3 Å². The molecule has 62 heavy (non-hydrogen) atoms. The minimum Gasteiger partial charge on any atom is -0.462 e. The molecular weight excluding hydrogens is 767 g/mol. The summed E-state index contributed by atoms with van der Waals surface area (Å²) in [7, 11) is 0. The van der Waals surface area contributed by atoms with E-state index in [9.17, 15) is 19.8 Å². The maximum absolute atomic E-state index is 13.2. The van der Waals surface area contributed by atoms with Crippen LogP contribution in [0, 0.1) is 0 Å². The topological polar surface area (TPSA) is 95.9 Å². The Balaban J connectivity index is 4.69. The summed E-state index contributed by atoms with van der Waals surface area (Å²) in [5.74, 6) is -0.559. The third-order valence-corrected chi connectivity index (χ3v) is 11.5. The van der Waals surface area contributed by atoms with Crippen molar-refractivity contribution in [1.82, 2.24) is 5.32 Å². The highest BCUT2D eigenvalue weighted by atomic mass is 16.5. The second-order valence-electron chi connectivity index (χ2n) is 17.6. The van der Waals surface area contributed by atoms with Crippen LogP contribution in [0.25, 0.3) is 0 Å². The molecule has 1 amide bonds. The number of esters is 1. The number of ether oxygens (including phenoxy) is 1. The molecule has 0 saturated heterocycles. The number of aliphatic hydroxyl groups is 2. The number of carbonyl (C=O) groups is 2. The lowest BCUT2D eigenvalue weighted by Crippen LogP contribution is -2.46. The van der Waals surface area contributed by atoms with Crippen molar-refractivity contribution in [1.29, 1.82) is 0 Å². The third kappa shape index (κ3) is 43.9. The molecular formula is C56H99NO5. The van der Waals surface area contributed by atoms with Gasteiger partial charge in [0.05, 0.1) is 25.2 Å². The first-order chi connectivity index (χ1) is 30.5. The van der Waals surface area contributed by atoms with Crippen molar-refractivity contribution >= 4 is 11.9 Å². The predicted octanol–water partition coefficient (Wildman–Crippen LogP) is 15.8. The Morgan fingerprint density at radius 1 is 0.484 bits per heavy atom. The number of unbranched alkanes of at least 4 members (excludes halogenated alkanes) is 23. The van der Waals surface area contributed by atoms with E-state index in [2.05, 4.69) is 99.0 Å². The Labute approximate surface area is 383 Å². The van der Waals surface area contributed by atoms with Crippen LogP contribution in [-0.2, 0) is 14.3 Å². The molecule has 6 heteroatoms. The molecule has 0 rings (SSSR count). The molecule has 0 aromatic rings. The Bertz CT molecular complexity index is 1150. The van der Waals surface area contributed by atoms with E-state index in [4.69, 9.17) is 4.74 Å². The van der Waals surface area contributed by atoms with E-state index < -0.39 is 18.2 Å². The van der Waals surface area contributed by atoms with Gasteiger partial charge in [-0.25, -0.2) is 0 Å². The number of hydrogen-bond donors (Lipinski definition) is 3. The molecule has 0 bridgehead atoms. The summed E-state index contributed by atoms with van der Waals surface area (Å²) in [5.41, 5.74) is 0. The standard InChI is InChI=1S/C56H99NO5/c1-4-7-10-13-16-19-22-24-26-27-28-29-30-32-34-37-40-43-46-49-56(61)62-52(47-44-41-38-35-33-31-25-23-20-17-14-11-8-5-2)50-55(60)57-53(51-58)54(59)48-45-42-39-36-21-18-15-12-9-6-3/h16,19,24,26,28-29,31-35,38,52-54,58-59H,4-15,17-18,20-23,25,27,30,36-37,39-51H2,1-3H3,(H,57,60)/b19-16-,26-24-,29-28-,33-31+,34-32-,38-35+. The molecule has 3 unspecified atom stereocenters. The molecule has 0 aromatic heterocycles. The van der Waals surface area contributed by atoms with Crippen LogP contribution in [-0.4, -0.2) is 46.9 Å². The van der Waals surface area contributed by atoms with Crippen molar-refractivity contribution in [2.45, 2.75) is 264 Å². The van der Waals surface area contributed by atoms with Gasteiger partial charge < -0.3 is 20.3 Å². The maximum Gasteiger partial charge on any atom is 0.306 e. The Kier molecular flexibility index (Phi) is 47.2. The van der Waals surface area contributed by atoms with E-state index in [1.807, 2.05) is 0 Å². The highest BCUT2D eigenvalue weighted by Gasteiger charge is 2.24. The molecule has 0 aliphatic heterocycles. The molecule has 358 valence electrons. The first-order valence-electron chi connectivity index (χ1n) is 26.2. The largest absolute Gasteiger partial charge is 0.462 e. The van der Waals surface area contributed by atoms with Crippen molar-refractivity contribution in [2.24, 2.45) is 0 Å². The van der Waals surface area contributed by atoms with Gasteiger partial charge >= 0.3 is 5.97 Å². The molecule has 0 heterocycles. The van der Waals surface area contributed by atoms with Crippen LogP contribution in [0.15, 0.2) is 72.9 Å². The molecule has 6 nitrogen and oxygen atoms in total. The summed E-state index contributed by atoms with van der Waals surface area (Å²) < 4.78 is 5.89. The Morgan fingerprint density at radius 3 is 1.40 bits per heavy atom. The van der Waals surface area contributed by atoms with Gasteiger partial charge in [-0.1, -0.05) is 216 Å². The zero-order valence-electron chi connectivity index (χ0n) is 40.7. The fourth-order valence-corrected chi connectivity index (χ4v) is 7.53. The Morgan fingerprint density at radius 2 is 0.887 bits per heavy atom. The monoisotopic (exact) mass is 866 g/mol. The maximum atomic E-state index is 13.2. The van der Waals surface area contributed by atoms with Crippen LogP contribution in [0.5, 0.6) is 0 Å². The molecule has 0 radical (unpaired) electrons. The zero-order valence-corrected chi connectivity index (χ0v) is 40.7. The van der Waals surface area contributed by atoms with Gasteiger partial charge in [0.1, 0.15) is 6.10 Å². The van der Waals surface area contributed by atoms with Gasteiger partial charge in [-0.15, -0.1) is 0 Å². The van der Waals surface area contributed by atoms with E-state index in [-0.39, 0.29) is 24.9 Å². The highest BCUT2D eigenvalue weighted by Crippen LogP contribution is 2.16. The average Bonchev–Trinajstić information content (AvgIpc) is 3.26. The predicted molar refractivity (Wildman–Crippen MR) is 268 cm³/mol. The molecule has 3 N–H and O–H groups in total. The first-order valence-corrected chi connectivity index (χ1v) is 26.2. The third-order valence-electron chi connectivity index (χ3n) is 11.5. The number of nitrogens with one attached hydrogen (secondary N) is 1. The average molecular weight is 866 g/mol. The fraction of sp³-hybridized carbons (Fsp3) is 0.750.